The van der Waals surface area contributed by atoms with E-state index >= 15 is 0 Å². The summed E-state index contributed by atoms with van der Waals surface area (Å²) in [5.74, 6) is -0.647. The highest BCUT2D eigenvalue weighted by molar-refractivity contribution is 8.02. The lowest BCUT2D eigenvalue weighted by Crippen LogP contribution is -2.74. The highest BCUT2D eigenvalue weighted by atomic mass is 32.2. The molecule has 4 aromatic rings. The number of nitrogen functional groups attached to an aromatic ring is 1. The van der Waals surface area contributed by atoms with E-state index < -0.39 is 34.8 Å². The minimum absolute atomic E-state index is 0.0119. The van der Waals surface area contributed by atoms with Crippen LogP contribution in [0.15, 0.2) is 95.8 Å². The molecule has 4 heterocycles. The van der Waals surface area contributed by atoms with Crippen LogP contribution in [0, 0.1) is 5.41 Å². The van der Waals surface area contributed by atoms with E-state index in [0.29, 0.717) is 11.5 Å². The van der Waals surface area contributed by atoms with Crippen LogP contribution in [0.25, 0.3) is 6.08 Å². The summed E-state index contributed by atoms with van der Waals surface area (Å²) in [4.78, 5) is 56.2. The zero-order valence-electron chi connectivity index (χ0n) is 26.4. The van der Waals surface area contributed by atoms with Crippen LogP contribution in [0.2, 0.25) is 0 Å². The summed E-state index contributed by atoms with van der Waals surface area (Å²) in [5, 5.41) is 8.34. The zero-order chi connectivity index (χ0) is 34.2. The molecule has 2 aromatic carbocycles. The standard InChI is InChI=1S/C34H33N7O5S3/c1-2-45-39-25(28-38-33(35)49-40-28)29(42)37-26-30(43)41-19-34(21-48-31(26)41,20-47-17-15-22-10-9-16-36-18-22)32(44)46-27(23-11-5-3-6-12-23)24-13-7-4-8-14-24/h3-18,26-27,31H,2,19-21H2,1H3,(H,37,42)(H2,35,38,40)/t26?,31-,34?/m1/s1. The van der Waals surface area contributed by atoms with Gasteiger partial charge in [0.15, 0.2) is 11.2 Å². The number of rotatable bonds is 13. The third-order valence-corrected chi connectivity index (χ3v) is 11.0. The van der Waals surface area contributed by atoms with Gasteiger partial charge in [0.2, 0.25) is 17.4 Å². The molecule has 2 aliphatic heterocycles. The fourth-order valence-corrected chi connectivity index (χ4v) is 8.46. The Kier molecular flexibility index (Phi) is 10.9. The second kappa shape index (κ2) is 15.7. The first kappa shape index (κ1) is 34.1. The first-order valence-corrected chi connectivity index (χ1v) is 18.3. The quantitative estimate of drug-likeness (QED) is 0.0875. The summed E-state index contributed by atoms with van der Waals surface area (Å²) in [6, 6.07) is 22.1. The SMILES string of the molecule is CCON=C(C(=O)NC1C(=O)N2CC(CSC=Cc3cccnc3)(C(=O)OC(c3ccccc3)c3ccccc3)CS[C@H]12)c1nsc(N)n1. The van der Waals surface area contributed by atoms with Gasteiger partial charge in [0.1, 0.15) is 23.4 Å². The molecule has 0 spiro atoms. The van der Waals surface area contributed by atoms with Crippen molar-refractivity contribution >= 4 is 69.8 Å². The van der Waals surface area contributed by atoms with Crippen molar-refractivity contribution in [1.29, 1.82) is 0 Å². The van der Waals surface area contributed by atoms with Crippen LogP contribution in [0.3, 0.4) is 0 Å². The number of ether oxygens (including phenoxy) is 1. The first-order chi connectivity index (χ1) is 23.9. The van der Waals surface area contributed by atoms with Gasteiger partial charge in [-0.15, -0.1) is 23.5 Å². The van der Waals surface area contributed by atoms with Crippen molar-refractivity contribution < 1.29 is 24.0 Å². The minimum Gasteiger partial charge on any atom is -0.452 e. The average molecular weight is 716 g/mol. The molecule has 2 fully saturated rings. The van der Waals surface area contributed by atoms with Crippen molar-refractivity contribution in [3.63, 3.8) is 0 Å². The molecule has 2 unspecified atom stereocenters. The van der Waals surface area contributed by atoms with Crippen LogP contribution in [0.1, 0.15) is 35.5 Å². The van der Waals surface area contributed by atoms with E-state index in [1.165, 1.54) is 23.5 Å². The van der Waals surface area contributed by atoms with Crippen molar-refractivity contribution in [2.75, 3.05) is 30.4 Å². The van der Waals surface area contributed by atoms with E-state index in [0.717, 1.165) is 28.2 Å². The number of nitrogens with one attached hydrogen (secondary N) is 1. The number of pyridine rings is 1. The number of aromatic nitrogens is 3. The number of benzene rings is 2. The molecule has 0 saturated carbocycles. The van der Waals surface area contributed by atoms with Crippen molar-refractivity contribution in [2.24, 2.45) is 10.6 Å². The Hall–Kier alpha value is -4.73. The molecular formula is C34H33N7O5S3. The van der Waals surface area contributed by atoms with Crippen molar-refractivity contribution in [1.82, 2.24) is 24.6 Å². The number of amides is 2. The van der Waals surface area contributed by atoms with Gasteiger partial charge < -0.3 is 25.5 Å². The Bertz CT molecular complexity index is 1790. The van der Waals surface area contributed by atoms with Gasteiger partial charge >= 0.3 is 5.97 Å². The molecule has 49 heavy (non-hydrogen) atoms. The van der Waals surface area contributed by atoms with Gasteiger partial charge in [0.25, 0.3) is 5.91 Å². The normalized spacial score (nSPS) is 20.5. The molecule has 0 bridgehead atoms. The molecule has 3 atom stereocenters. The lowest BCUT2D eigenvalue weighted by Gasteiger charge is -2.54. The molecule has 2 aliphatic rings. The van der Waals surface area contributed by atoms with Gasteiger partial charge in [-0.25, -0.2) is 0 Å². The number of hydrogen-bond acceptors (Lipinski definition) is 13. The maximum absolute atomic E-state index is 14.4. The number of oxime groups is 1. The van der Waals surface area contributed by atoms with E-state index in [1.807, 2.05) is 84.3 Å². The highest BCUT2D eigenvalue weighted by Crippen LogP contribution is 2.45. The Morgan fingerprint density at radius 1 is 1.14 bits per heavy atom. The number of esters is 1. The van der Waals surface area contributed by atoms with Gasteiger partial charge in [-0.3, -0.25) is 19.4 Å². The molecule has 15 heteroatoms. The Labute approximate surface area is 295 Å². The predicted molar refractivity (Wildman–Crippen MR) is 191 cm³/mol. The molecule has 6 rings (SSSR count). The zero-order valence-corrected chi connectivity index (χ0v) is 28.8. The van der Waals surface area contributed by atoms with Gasteiger partial charge in [-0.05, 0) is 41.2 Å². The fraction of sp³-hybridized carbons (Fsp3) is 0.265. The summed E-state index contributed by atoms with van der Waals surface area (Å²) in [5.41, 5.74) is 7.11. The van der Waals surface area contributed by atoms with Crippen molar-refractivity contribution in [3.05, 3.63) is 113 Å². The third kappa shape index (κ3) is 7.79. The summed E-state index contributed by atoms with van der Waals surface area (Å²) < 4.78 is 10.4. The predicted octanol–water partition coefficient (Wildman–Crippen LogP) is 4.38. The number of nitrogens with two attached hydrogens (primary N) is 1. The summed E-state index contributed by atoms with van der Waals surface area (Å²) in [6.45, 7) is 2.07. The molecular weight excluding hydrogens is 683 g/mol. The number of β-lactam (4-membered cyclic amide) rings is 1. The number of anilines is 1. The number of thioether (sulfide) groups is 2. The second-order valence-corrected chi connectivity index (χ2v) is 14.0. The van der Waals surface area contributed by atoms with Gasteiger partial charge in [0, 0.05) is 42.0 Å². The topological polar surface area (TPSA) is 162 Å². The minimum atomic E-state index is -1.04. The molecule has 0 aliphatic carbocycles. The maximum atomic E-state index is 14.4. The van der Waals surface area contributed by atoms with Gasteiger partial charge in [-0.2, -0.15) is 9.36 Å². The smallest absolute Gasteiger partial charge is 0.316 e. The Morgan fingerprint density at radius 3 is 2.51 bits per heavy atom. The van der Waals surface area contributed by atoms with E-state index in [9.17, 15) is 14.4 Å². The molecule has 0 radical (unpaired) electrons. The van der Waals surface area contributed by atoms with Crippen molar-refractivity contribution in [3.8, 4) is 0 Å². The monoisotopic (exact) mass is 715 g/mol. The summed E-state index contributed by atoms with van der Waals surface area (Å²) in [6.07, 6.45) is 4.75. The Morgan fingerprint density at radius 2 is 1.88 bits per heavy atom. The highest BCUT2D eigenvalue weighted by Gasteiger charge is 2.58. The van der Waals surface area contributed by atoms with E-state index in [4.69, 9.17) is 15.3 Å². The van der Waals surface area contributed by atoms with Crippen LogP contribution in [0.5, 0.6) is 0 Å². The summed E-state index contributed by atoms with van der Waals surface area (Å²) >= 11 is 3.81. The molecule has 3 N–H and O–H groups in total. The van der Waals surface area contributed by atoms with Crippen LogP contribution in [-0.2, 0) is 24.0 Å². The molecule has 2 saturated heterocycles. The molecule has 2 aromatic heterocycles. The number of hydrogen-bond donors (Lipinski definition) is 2. The average Bonchev–Trinajstić information content (AvgIpc) is 3.58. The second-order valence-electron chi connectivity index (χ2n) is 11.2. The lowest BCUT2D eigenvalue weighted by atomic mass is 9.88. The lowest BCUT2D eigenvalue weighted by molar-refractivity contribution is -0.164. The largest absolute Gasteiger partial charge is 0.452 e. The number of fused-ring (bicyclic) bond motifs is 1. The molecule has 12 nitrogen and oxygen atoms in total. The van der Waals surface area contributed by atoms with E-state index in [-0.39, 0.29) is 35.7 Å². The van der Waals surface area contributed by atoms with Crippen LogP contribution in [-0.4, -0.2) is 78.8 Å². The van der Waals surface area contributed by atoms with Gasteiger partial charge in [0.05, 0.1) is 0 Å². The van der Waals surface area contributed by atoms with Crippen molar-refractivity contribution in [2.45, 2.75) is 24.4 Å². The van der Waals surface area contributed by atoms with Crippen LogP contribution in [0.4, 0.5) is 5.13 Å². The van der Waals surface area contributed by atoms with E-state index in [2.05, 4.69) is 24.8 Å². The number of carbonyl (C=O) groups is 3. The number of carbonyl (C=O) groups excluding carboxylic acids is 3. The van der Waals surface area contributed by atoms with Gasteiger partial charge in [-0.1, -0.05) is 71.9 Å². The number of nitrogens with zero attached hydrogens (tertiary/aromatic N) is 5. The fourth-order valence-electron chi connectivity index (χ4n) is 5.38. The van der Waals surface area contributed by atoms with Crippen LogP contribution < -0.4 is 11.1 Å². The molecule has 252 valence electrons. The Balaban J connectivity index is 1.21. The first-order valence-electron chi connectivity index (χ1n) is 15.4. The van der Waals surface area contributed by atoms with Crippen LogP contribution >= 0.6 is 35.1 Å². The van der Waals surface area contributed by atoms with E-state index in [1.54, 1.807) is 24.2 Å². The third-order valence-electron chi connectivity index (χ3n) is 7.85. The molecule has 2 amide bonds. The maximum Gasteiger partial charge on any atom is 0.316 e. The summed E-state index contributed by atoms with van der Waals surface area (Å²) in [7, 11) is 0.